The first-order valence-electron chi connectivity index (χ1n) is 10.7. The Morgan fingerprint density at radius 1 is 1.00 bits per heavy atom. The summed E-state index contributed by atoms with van der Waals surface area (Å²) < 4.78 is 45.9. The Morgan fingerprint density at radius 3 is 2.13 bits per heavy atom. The van der Waals surface area contributed by atoms with Crippen molar-refractivity contribution in [1.82, 2.24) is 20.6 Å². The van der Waals surface area contributed by atoms with Gasteiger partial charge in [0.05, 0.1) is 17.1 Å². The number of rotatable bonds is 6. The first kappa shape index (κ1) is 15.8. The second-order valence-electron chi connectivity index (χ2n) is 6.10. The summed E-state index contributed by atoms with van der Waals surface area (Å²) in [6, 6.07) is 12.0. The standard InChI is InChI=1S/C22H18FN5O2/c1-14-8-17(6-7-18(14)23)12-26-22(30)20-9-19(27-13-28-20)21(29)25-11-16-4-2-15(10-24)3-5-16/h2-9,13H,11-12H2,1H3,(H,25,29)(H,26,30)/i11D2,12D2. The highest BCUT2D eigenvalue weighted by Crippen LogP contribution is 2.09. The molecule has 0 bridgehead atoms. The SMILES string of the molecule is [2H]C([2H])(NC(=O)c1cc(C(=O)NC([2H])([2H])c2ccc(F)c(C)c2)ncn1)c1ccc(C#N)cc1. The summed E-state index contributed by atoms with van der Waals surface area (Å²) in [5.74, 6) is -2.42. The molecule has 0 saturated heterocycles. The number of carbonyl (C=O) groups is 2. The van der Waals surface area contributed by atoms with Crippen molar-refractivity contribution < 1.29 is 19.5 Å². The van der Waals surface area contributed by atoms with Crippen molar-refractivity contribution in [3.8, 4) is 6.07 Å². The molecule has 150 valence electrons. The van der Waals surface area contributed by atoms with Gasteiger partial charge in [0.25, 0.3) is 11.8 Å². The van der Waals surface area contributed by atoms with E-state index in [0.29, 0.717) is 5.56 Å². The molecule has 8 heteroatoms. The van der Waals surface area contributed by atoms with Crippen LogP contribution in [0.25, 0.3) is 0 Å². The molecule has 0 unspecified atom stereocenters. The van der Waals surface area contributed by atoms with Crippen LogP contribution in [-0.2, 0) is 13.0 Å². The number of hydrogen-bond acceptors (Lipinski definition) is 5. The van der Waals surface area contributed by atoms with Gasteiger partial charge in [-0.15, -0.1) is 0 Å². The van der Waals surface area contributed by atoms with E-state index in [9.17, 15) is 14.0 Å². The Bertz CT molecular complexity index is 1290. The van der Waals surface area contributed by atoms with Gasteiger partial charge in [0.2, 0.25) is 0 Å². The molecule has 0 spiro atoms. The second-order valence-corrected chi connectivity index (χ2v) is 6.10. The number of hydrogen-bond donors (Lipinski definition) is 2. The minimum Gasteiger partial charge on any atom is -0.347 e. The van der Waals surface area contributed by atoms with E-state index in [1.807, 2.05) is 6.07 Å². The van der Waals surface area contributed by atoms with Gasteiger partial charge in [-0.05, 0) is 41.8 Å². The third-order valence-electron chi connectivity index (χ3n) is 3.95. The van der Waals surface area contributed by atoms with Crippen molar-refractivity contribution >= 4 is 11.8 Å². The van der Waals surface area contributed by atoms with Crippen LogP contribution in [0.2, 0.25) is 0 Å². The molecule has 3 rings (SSSR count). The van der Waals surface area contributed by atoms with E-state index in [2.05, 4.69) is 20.6 Å². The van der Waals surface area contributed by atoms with Crippen LogP contribution in [0.4, 0.5) is 4.39 Å². The Labute approximate surface area is 178 Å². The summed E-state index contributed by atoms with van der Waals surface area (Å²) >= 11 is 0. The average Bonchev–Trinajstić information content (AvgIpc) is 2.80. The number of halogens is 1. The molecule has 1 heterocycles. The molecule has 3 aromatic rings. The molecule has 2 N–H and O–H groups in total. The molecule has 0 fully saturated rings. The number of nitrogens with one attached hydrogen (secondary N) is 2. The first-order valence-corrected chi connectivity index (χ1v) is 8.67. The Kier molecular flexibility index (Phi) is 4.93. The number of aryl methyl sites for hydroxylation is 1. The molecule has 0 aliphatic carbocycles. The summed E-state index contributed by atoms with van der Waals surface area (Å²) in [6.45, 7) is -3.21. The maximum absolute atomic E-state index is 13.5. The first-order chi connectivity index (χ1) is 15.9. The lowest BCUT2D eigenvalue weighted by Crippen LogP contribution is -2.27. The van der Waals surface area contributed by atoms with Gasteiger partial charge in [0, 0.05) is 19.1 Å². The molecule has 0 aliphatic heterocycles. The minimum atomic E-state index is -2.37. The highest BCUT2D eigenvalue weighted by atomic mass is 19.1. The third kappa shape index (κ3) is 5.23. The Hall–Kier alpha value is -4.12. The minimum absolute atomic E-state index is 0.0161. The lowest BCUT2D eigenvalue weighted by atomic mass is 10.1. The number of nitriles is 1. The molecule has 1 aromatic heterocycles. The van der Waals surface area contributed by atoms with Crippen molar-refractivity contribution in [1.29, 1.82) is 5.26 Å². The number of aromatic nitrogens is 2. The molecule has 0 atom stereocenters. The molecule has 2 amide bonds. The summed E-state index contributed by atoms with van der Waals surface area (Å²) in [7, 11) is 0. The van der Waals surface area contributed by atoms with Gasteiger partial charge in [-0.1, -0.05) is 24.3 Å². The van der Waals surface area contributed by atoms with Crippen LogP contribution in [0.15, 0.2) is 54.9 Å². The van der Waals surface area contributed by atoms with E-state index < -0.39 is 30.6 Å². The third-order valence-corrected chi connectivity index (χ3v) is 3.95. The van der Waals surface area contributed by atoms with Gasteiger partial charge in [0.1, 0.15) is 23.5 Å². The Morgan fingerprint density at radius 2 is 1.57 bits per heavy atom. The summed E-state index contributed by atoms with van der Waals surface area (Å²) in [6.07, 6.45) is 0.915. The Balaban J connectivity index is 1.76. The van der Waals surface area contributed by atoms with Crippen LogP contribution in [0.5, 0.6) is 0 Å². The van der Waals surface area contributed by atoms with E-state index in [1.54, 1.807) is 0 Å². The van der Waals surface area contributed by atoms with Crippen molar-refractivity contribution in [2.45, 2.75) is 19.9 Å². The second kappa shape index (κ2) is 9.39. The number of nitrogens with zero attached hydrogens (tertiary/aromatic N) is 3. The van der Waals surface area contributed by atoms with E-state index in [0.717, 1.165) is 18.5 Å². The van der Waals surface area contributed by atoms with Gasteiger partial charge in [-0.2, -0.15) is 5.26 Å². The fourth-order valence-corrected chi connectivity index (χ4v) is 2.34. The molecule has 0 aliphatic rings. The summed E-state index contributed by atoms with van der Waals surface area (Å²) in [5.41, 5.74) is -0.0177. The van der Waals surface area contributed by atoms with E-state index >= 15 is 0 Å². The van der Waals surface area contributed by atoms with Gasteiger partial charge in [0.15, 0.2) is 0 Å². The van der Waals surface area contributed by atoms with Crippen LogP contribution in [0.1, 0.15) is 48.7 Å². The number of benzene rings is 2. The number of carbonyl (C=O) groups excluding carboxylic acids is 2. The van der Waals surface area contributed by atoms with E-state index in [1.165, 1.54) is 43.3 Å². The molecule has 30 heavy (non-hydrogen) atoms. The van der Waals surface area contributed by atoms with Crippen molar-refractivity contribution in [2.75, 3.05) is 0 Å². The predicted molar refractivity (Wildman–Crippen MR) is 107 cm³/mol. The topological polar surface area (TPSA) is 108 Å². The quantitative estimate of drug-likeness (QED) is 0.653. The smallest absolute Gasteiger partial charge is 0.270 e. The fraction of sp³-hybridized carbons (Fsp3) is 0.136. The van der Waals surface area contributed by atoms with Crippen molar-refractivity contribution in [2.24, 2.45) is 0 Å². The maximum Gasteiger partial charge on any atom is 0.270 e. The average molecular weight is 407 g/mol. The van der Waals surface area contributed by atoms with E-state index in [-0.39, 0.29) is 28.1 Å². The molecule has 7 nitrogen and oxygen atoms in total. The van der Waals surface area contributed by atoms with Gasteiger partial charge in [-0.25, -0.2) is 14.4 Å². The van der Waals surface area contributed by atoms with Gasteiger partial charge < -0.3 is 10.6 Å². The highest BCUT2D eigenvalue weighted by Gasteiger charge is 2.13. The van der Waals surface area contributed by atoms with E-state index in [4.69, 9.17) is 10.7 Å². The zero-order valence-corrected chi connectivity index (χ0v) is 15.7. The largest absolute Gasteiger partial charge is 0.347 e. The van der Waals surface area contributed by atoms with Crippen LogP contribution >= 0.6 is 0 Å². The zero-order chi connectivity index (χ0) is 25.1. The lowest BCUT2D eigenvalue weighted by Gasteiger charge is -2.08. The fourth-order valence-electron chi connectivity index (χ4n) is 2.34. The molecular formula is C22H18FN5O2. The van der Waals surface area contributed by atoms with Gasteiger partial charge in [-0.3, -0.25) is 9.59 Å². The molecule has 2 aromatic carbocycles. The van der Waals surface area contributed by atoms with Crippen LogP contribution < -0.4 is 10.6 Å². The van der Waals surface area contributed by atoms with Crippen LogP contribution in [-0.4, -0.2) is 21.8 Å². The van der Waals surface area contributed by atoms with Crippen LogP contribution in [0, 0.1) is 24.1 Å². The summed E-state index contributed by atoms with van der Waals surface area (Å²) in [4.78, 5) is 32.7. The van der Waals surface area contributed by atoms with Crippen LogP contribution in [0.3, 0.4) is 0 Å². The molecule has 0 radical (unpaired) electrons. The molecule has 0 saturated carbocycles. The lowest BCUT2D eigenvalue weighted by molar-refractivity contribution is 0.0944. The monoisotopic (exact) mass is 407 g/mol. The van der Waals surface area contributed by atoms with Gasteiger partial charge >= 0.3 is 0 Å². The zero-order valence-electron chi connectivity index (χ0n) is 19.7. The number of amides is 2. The maximum atomic E-state index is 13.5. The predicted octanol–water partition coefficient (Wildman–Crippen LogP) is 2.66. The summed E-state index contributed by atoms with van der Waals surface area (Å²) in [5, 5.41) is 13.1. The van der Waals surface area contributed by atoms with Crippen molar-refractivity contribution in [3.05, 3.63) is 94.3 Å². The molecular weight excluding hydrogens is 385 g/mol. The van der Waals surface area contributed by atoms with Crippen molar-refractivity contribution in [3.63, 3.8) is 0 Å². The highest BCUT2D eigenvalue weighted by molar-refractivity contribution is 5.97. The normalized spacial score (nSPS) is 13.1.